The Balaban J connectivity index is 3.78. The second-order valence-electron chi connectivity index (χ2n) is 0.931. The normalized spacial score (nSPS) is 6.00. The first kappa shape index (κ1) is 6.18. The average molecular weight is 122 g/mol. The van der Waals surface area contributed by atoms with Gasteiger partial charge in [-0.1, -0.05) is 0 Å². The van der Waals surface area contributed by atoms with Crippen LogP contribution in [0, 0.1) is 0 Å². The van der Waals surface area contributed by atoms with Gasteiger partial charge in [-0.2, -0.15) is 0 Å². The number of hydrogen-bond donors (Lipinski definition) is 0. The Labute approximate surface area is 42.2 Å². The number of rotatable bonds is 1. The van der Waals surface area contributed by atoms with Crippen LogP contribution in [0.25, 0.3) is 0 Å². The molecule has 0 N–H and O–H groups in total. The van der Waals surface area contributed by atoms with Gasteiger partial charge in [0.15, 0.2) is 0 Å². The molecule has 0 atom stereocenters. The van der Waals surface area contributed by atoms with E-state index in [0.29, 0.717) is 6.42 Å². The SMILES string of the molecule is CC[CH]=[Ti](=[O])=[O]. The minimum absolute atomic E-state index is 0.655. The van der Waals surface area contributed by atoms with Gasteiger partial charge in [0.2, 0.25) is 0 Å². The Kier molecular flexibility index (Phi) is 3.48. The van der Waals surface area contributed by atoms with Gasteiger partial charge in [-0.25, -0.2) is 0 Å². The third kappa shape index (κ3) is 4.18. The van der Waals surface area contributed by atoms with Crippen molar-refractivity contribution in [1.29, 1.82) is 0 Å². The quantitative estimate of drug-likeness (QED) is 0.474. The Morgan fingerprint density at radius 2 is 2.17 bits per heavy atom. The van der Waals surface area contributed by atoms with Crippen molar-refractivity contribution in [2.24, 2.45) is 0 Å². The summed E-state index contributed by atoms with van der Waals surface area (Å²) in [6.45, 7) is 1.81. The van der Waals surface area contributed by atoms with Crippen molar-refractivity contribution >= 4 is 4.31 Å². The van der Waals surface area contributed by atoms with E-state index in [2.05, 4.69) is 0 Å². The van der Waals surface area contributed by atoms with E-state index in [1.54, 1.807) is 0 Å². The van der Waals surface area contributed by atoms with Crippen LogP contribution in [0.15, 0.2) is 0 Å². The fourth-order valence-corrected chi connectivity index (χ4v) is 0.687. The molecule has 3 heteroatoms. The van der Waals surface area contributed by atoms with E-state index in [9.17, 15) is 6.65 Å². The van der Waals surface area contributed by atoms with E-state index >= 15 is 0 Å². The Hall–Kier alpha value is 0.184. The molecule has 0 unspecified atom stereocenters. The van der Waals surface area contributed by atoms with Gasteiger partial charge in [0, 0.05) is 0 Å². The molecule has 0 saturated carbocycles. The van der Waals surface area contributed by atoms with Crippen molar-refractivity contribution in [2.75, 3.05) is 0 Å². The van der Waals surface area contributed by atoms with Gasteiger partial charge >= 0.3 is 41.7 Å². The van der Waals surface area contributed by atoms with Crippen LogP contribution in [0.5, 0.6) is 0 Å². The molecule has 0 fully saturated rings. The van der Waals surface area contributed by atoms with Gasteiger partial charge in [-0.3, -0.25) is 0 Å². The number of hydrogen-bond acceptors (Lipinski definition) is 2. The second-order valence-corrected chi connectivity index (χ2v) is 2.57. The zero-order valence-corrected chi connectivity index (χ0v) is 5.16. The van der Waals surface area contributed by atoms with Gasteiger partial charge in [0.1, 0.15) is 0 Å². The fraction of sp³-hybridized carbons (Fsp3) is 0.667. The molecule has 0 aromatic carbocycles. The molecule has 0 spiro atoms. The predicted molar refractivity (Wildman–Crippen MR) is 17.7 cm³/mol. The van der Waals surface area contributed by atoms with Crippen LogP contribution in [0.2, 0.25) is 0 Å². The molecular formula is C3H6O2Ti. The third-order valence-electron chi connectivity index (χ3n) is 0.371. The summed E-state index contributed by atoms with van der Waals surface area (Å²) in [7, 11) is 0. The molecule has 0 aliphatic rings. The first-order valence-corrected chi connectivity index (χ1v) is 3.99. The van der Waals surface area contributed by atoms with Crippen molar-refractivity contribution in [3.63, 3.8) is 0 Å². The van der Waals surface area contributed by atoms with Crippen LogP contribution in [0.4, 0.5) is 0 Å². The van der Waals surface area contributed by atoms with Crippen molar-refractivity contribution in [3.05, 3.63) is 0 Å². The summed E-state index contributed by atoms with van der Waals surface area (Å²) < 4.78 is 20.7. The summed E-state index contributed by atoms with van der Waals surface area (Å²) in [5.41, 5.74) is 0. The zero-order chi connectivity index (χ0) is 4.99. The molecule has 0 aromatic rings. The molecule has 0 aliphatic carbocycles. The van der Waals surface area contributed by atoms with Crippen LogP contribution in [-0.4, -0.2) is 4.31 Å². The van der Waals surface area contributed by atoms with Crippen LogP contribution < -0.4 is 0 Å². The van der Waals surface area contributed by atoms with Crippen molar-refractivity contribution in [2.45, 2.75) is 13.3 Å². The predicted octanol–water partition coefficient (Wildman–Crippen LogP) is 0.508. The summed E-state index contributed by atoms with van der Waals surface area (Å²) in [4.78, 5) is 0. The fourth-order valence-electron chi connectivity index (χ4n) is 0.167. The molecule has 2 nitrogen and oxygen atoms in total. The summed E-state index contributed by atoms with van der Waals surface area (Å²) in [5.74, 6) is 0. The van der Waals surface area contributed by atoms with Crippen molar-refractivity contribution in [1.82, 2.24) is 0 Å². The molecule has 0 bridgehead atoms. The monoisotopic (exact) mass is 122 g/mol. The van der Waals surface area contributed by atoms with Gasteiger partial charge in [0.05, 0.1) is 0 Å². The average Bonchev–Trinajstić information content (AvgIpc) is 1.35. The van der Waals surface area contributed by atoms with E-state index < -0.39 is 17.3 Å². The molecule has 0 aromatic heterocycles. The van der Waals surface area contributed by atoms with E-state index in [4.69, 9.17) is 0 Å². The Morgan fingerprint density at radius 1 is 1.67 bits per heavy atom. The first-order valence-electron chi connectivity index (χ1n) is 1.81. The topological polar surface area (TPSA) is 34.1 Å². The van der Waals surface area contributed by atoms with Crippen molar-refractivity contribution in [3.8, 4) is 0 Å². The molecule has 0 heterocycles. The maximum atomic E-state index is 9.68. The van der Waals surface area contributed by atoms with Gasteiger partial charge in [-0.15, -0.1) is 0 Å². The van der Waals surface area contributed by atoms with Gasteiger partial charge < -0.3 is 0 Å². The molecular weight excluding hydrogens is 116 g/mol. The summed E-state index contributed by atoms with van der Waals surface area (Å²) >= 11 is -3.01. The summed E-state index contributed by atoms with van der Waals surface area (Å²) in [5, 5.41) is 0. The first-order chi connectivity index (χ1) is 2.77. The van der Waals surface area contributed by atoms with Crippen LogP contribution >= 0.6 is 0 Å². The third-order valence-corrected chi connectivity index (χ3v) is 1.53. The van der Waals surface area contributed by atoms with Crippen LogP contribution in [0.1, 0.15) is 13.3 Å². The molecule has 0 saturated heterocycles. The van der Waals surface area contributed by atoms with E-state index in [1.807, 2.05) is 6.92 Å². The molecule has 6 heavy (non-hydrogen) atoms. The molecule has 0 rings (SSSR count). The zero-order valence-electron chi connectivity index (χ0n) is 3.60. The van der Waals surface area contributed by atoms with E-state index in [0.717, 1.165) is 0 Å². The maximum absolute atomic E-state index is 9.68. The minimum atomic E-state index is -3.01. The summed E-state index contributed by atoms with van der Waals surface area (Å²) in [6, 6.07) is 0. The summed E-state index contributed by atoms with van der Waals surface area (Å²) in [6.07, 6.45) is 0.655. The van der Waals surface area contributed by atoms with Gasteiger partial charge in [-0.05, 0) is 0 Å². The second kappa shape index (κ2) is 3.38. The van der Waals surface area contributed by atoms with E-state index in [-0.39, 0.29) is 0 Å². The van der Waals surface area contributed by atoms with Crippen molar-refractivity contribution < 1.29 is 24.0 Å². The van der Waals surface area contributed by atoms with Crippen LogP contribution in [-0.2, 0) is 24.0 Å². The Morgan fingerprint density at radius 3 is 2.17 bits per heavy atom. The standard InChI is InChI=1S/C3H6.2O.Ti/c1-3-2;;;/h1H,3H2,2H3;;;. The Bertz CT molecular complexity index is 123. The molecule has 0 radical (unpaired) electrons. The molecule has 0 aliphatic heterocycles. The van der Waals surface area contributed by atoms with Crippen LogP contribution in [0.3, 0.4) is 0 Å². The van der Waals surface area contributed by atoms with E-state index in [1.165, 1.54) is 4.31 Å². The van der Waals surface area contributed by atoms with Gasteiger partial charge in [0.25, 0.3) is 0 Å². The molecule has 0 amide bonds. The molecule has 34 valence electrons.